The topological polar surface area (TPSA) is 74.2 Å². The monoisotopic (exact) mass is 425 g/mol. The van der Waals surface area contributed by atoms with Gasteiger partial charge in [-0.1, -0.05) is 30.3 Å². The molecule has 0 amide bonds. The van der Waals surface area contributed by atoms with Crippen LogP contribution in [0, 0.1) is 0 Å². The molecule has 4 aromatic rings. The van der Waals surface area contributed by atoms with Crippen molar-refractivity contribution in [1.82, 2.24) is 15.0 Å². The van der Waals surface area contributed by atoms with Gasteiger partial charge in [0.25, 0.3) is 0 Å². The van der Waals surface area contributed by atoms with Crippen molar-refractivity contribution in [3.8, 4) is 17.0 Å². The molecule has 0 spiro atoms. The Morgan fingerprint density at radius 2 is 1.81 bits per heavy atom. The van der Waals surface area contributed by atoms with Gasteiger partial charge in [-0.25, -0.2) is 9.97 Å². The van der Waals surface area contributed by atoms with E-state index in [-0.39, 0.29) is 5.75 Å². The second-order valence-electron chi connectivity index (χ2n) is 7.53. The van der Waals surface area contributed by atoms with Crippen LogP contribution in [0.4, 0.5) is 11.6 Å². The molecule has 0 aliphatic heterocycles. The zero-order valence-electron chi connectivity index (χ0n) is 18.1. The third-order valence-corrected chi connectivity index (χ3v) is 5.27. The van der Waals surface area contributed by atoms with Gasteiger partial charge in [0, 0.05) is 49.5 Å². The van der Waals surface area contributed by atoms with Crippen LogP contribution in [0.3, 0.4) is 0 Å². The van der Waals surface area contributed by atoms with E-state index in [9.17, 15) is 5.11 Å². The van der Waals surface area contributed by atoms with Crippen LogP contribution in [0.5, 0.6) is 5.75 Å². The van der Waals surface area contributed by atoms with Gasteiger partial charge in [0.15, 0.2) is 0 Å². The SMILES string of the molecule is CCN(Cc1cccnc1)c1cccc(-c2ccnc(NCCc3ccc(O)cc3)n2)c1. The number of benzene rings is 2. The van der Waals surface area contributed by atoms with Crippen LogP contribution in [-0.2, 0) is 13.0 Å². The summed E-state index contributed by atoms with van der Waals surface area (Å²) >= 11 is 0. The fourth-order valence-corrected chi connectivity index (χ4v) is 3.55. The summed E-state index contributed by atoms with van der Waals surface area (Å²) in [6.07, 6.45) is 6.31. The highest BCUT2D eigenvalue weighted by atomic mass is 16.3. The first kappa shape index (κ1) is 21.3. The number of aromatic nitrogens is 3. The Kier molecular flexibility index (Phi) is 6.92. The molecule has 2 heterocycles. The minimum Gasteiger partial charge on any atom is -0.508 e. The van der Waals surface area contributed by atoms with Crippen molar-refractivity contribution in [2.24, 2.45) is 0 Å². The molecular weight excluding hydrogens is 398 g/mol. The van der Waals surface area contributed by atoms with Crippen molar-refractivity contribution >= 4 is 11.6 Å². The van der Waals surface area contributed by atoms with E-state index in [0.717, 1.165) is 42.0 Å². The van der Waals surface area contributed by atoms with E-state index in [2.05, 4.69) is 57.4 Å². The molecule has 6 heteroatoms. The lowest BCUT2D eigenvalue weighted by Crippen LogP contribution is -2.22. The summed E-state index contributed by atoms with van der Waals surface area (Å²) < 4.78 is 0. The predicted octanol–water partition coefficient (Wildman–Crippen LogP) is 4.93. The number of hydrogen-bond donors (Lipinski definition) is 2. The first-order chi connectivity index (χ1) is 15.7. The van der Waals surface area contributed by atoms with Crippen molar-refractivity contribution in [3.05, 3.63) is 96.4 Å². The van der Waals surface area contributed by atoms with Gasteiger partial charge in [-0.3, -0.25) is 4.98 Å². The molecule has 4 rings (SSSR count). The van der Waals surface area contributed by atoms with Crippen LogP contribution >= 0.6 is 0 Å². The van der Waals surface area contributed by atoms with E-state index in [4.69, 9.17) is 4.98 Å². The van der Waals surface area contributed by atoms with Crippen LogP contribution in [0.25, 0.3) is 11.3 Å². The average molecular weight is 426 g/mol. The molecule has 0 saturated carbocycles. The lowest BCUT2D eigenvalue weighted by atomic mass is 10.1. The zero-order chi connectivity index (χ0) is 22.2. The number of pyridine rings is 1. The summed E-state index contributed by atoms with van der Waals surface area (Å²) in [7, 11) is 0. The molecule has 162 valence electrons. The Morgan fingerprint density at radius 3 is 2.59 bits per heavy atom. The van der Waals surface area contributed by atoms with Crippen LogP contribution in [0.1, 0.15) is 18.1 Å². The largest absolute Gasteiger partial charge is 0.508 e. The molecule has 0 saturated heterocycles. The van der Waals surface area contributed by atoms with E-state index in [1.165, 1.54) is 5.56 Å². The standard InChI is InChI=1S/C26H27N5O/c1-2-31(19-21-5-4-14-27-18-21)23-7-3-6-22(17-23)25-13-16-29-26(30-25)28-15-12-20-8-10-24(32)11-9-20/h3-11,13-14,16-18,32H,2,12,15,19H2,1H3,(H,28,29,30). The first-order valence-corrected chi connectivity index (χ1v) is 10.8. The Hall–Kier alpha value is -3.93. The molecule has 6 nitrogen and oxygen atoms in total. The van der Waals surface area contributed by atoms with E-state index in [0.29, 0.717) is 12.5 Å². The molecule has 2 aromatic heterocycles. The smallest absolute Gasteiger partial charge is 0.223 e. The normalized spacial score (nSPS) is 10.7. The molecule has 2 N–H and O–H groups in total. The van der Waals surface area contributed by atoms with Crippen LogP contribution in [-0.4, -0.2) is 33.1 Å². The van der Waals surface area contributed by atoms with Crippen molar-refractivity contribution < 1.29 is 5.11 Å². The molecule has 0 aliphatic rings. The summed E-state index contributed by atoms with van der Waals surface area (Å²) in [6, 6.07) is 21.7. The van der Waals surface area contributed by atoms with Gasteiger partial charge >= 0.3 is 0 Å². The quantitative estimate of drug-likeness (QED) is 0.396. The van der Waals surface area contributed by atoms with Gasteiger partial charge in [0.05, 0.1) is 5.69 Å². The molecule has 0 aliphatic carbocycles. The van der Waals surface area contributed by atoms with Crippen molar-refractivity contribution in [2.75, 3.05) is 23.3 Å². The number of aromatic hydroxyl groups is 1. The van der Waals surface area contributed by atoms with Gasteiger partial charge in [0.2, 0.25) is 5.95 Å². The lowest BCUT2D eigenvalue weighted by molar-refractivity contribution is 0.475. The molecule has 0 bridgehead atoms. The lowest BCUT2D eigenvalue weighted by Gasteiger charge is -2.23. The molecule has 0 unspecified atom stereocenters. The molecule has 2 aromatic carbocycles. The highest BCUT2D eigenvalue weighted by Crippen LogP contribution is 2.25. The number of nitrogens with one attached hydrogen (secondary N) is 1. The molecule has 0 fully saturated rings. The van der Waals surface area contributed by atoms with Gasteiger partial charge in [-0.15, -0.1) is 0 Å². The van der Waals surface area contributed by atoms with Crippen LogP contribution in [0.2, 0.25) is 0 Å². The third-order valence-electron chi connectivity index (χ3n) is 5.27. The van der Waals surface area contributed by atoms with Gasteiger partial charge in [-0.05, 0) is 60.9 Å². The number of phenols is 1. The van der Waals surface area contributed by atoms with Gasteiger partial charge < -0.3 is 15.3 Å². The van der Waals surface area contributed by atoms with E-state index < -0.39 is 0 Å². The molecule has 0 radical (unpaired) electrons. The highest BCUT2D eigenvalue weighted by Gasteiger charge is 2.09. The summed E-state index contributed by atoms with van der Waals surface area (Å²) in [5, 5.41) is 12.7. The highest BCUT2D eigenvalue weighted by molar-refractivity contribution is 5.66. The van der Waals surface area contributed by atoms with Crippen LogP contribution in [0.15, 0.2) is 85.3 Å². The maximum Gasteiger partial charge on any atom is 0.223 e. The minimum atomic E-state index is 0.280. The summed E-state index contributed by atoms with van der Waals surface area (Å²) in [4.78, 5) is 15.6. The Balaban J connectivity index is 1.44. The first-order valence-electron chi connectivity index (χ1n) is 10.8. The zero-order valence-corrected chi connectivity index (χ0v) is 18.1. The van der Waals surface area contributed by atoms with Gasteiger partial charge in [0.1, 0.15) is 5.75 Å². The second kappa shape index (κ2) is 10.4. The summed E-state index contributed by atoms with van der Waals surface area (Å²) in [5.74, 6) is 0.886. The second-order valence-corrected chi connectivity index (χ2v) is 7.53. The Labute approximate surface area is 188 Å². The summed E-state index contributed by atoms with van der Waals surface area (Å²) in [6.45, 7) is 4.57. The maximum atomic E-state index is 9.40. The van der Waals surface area contributed by atoms with Crippen molar-refractivity contribution in [3.63, 3.8) is 0 Å². The number of nitrogens with zero attached hydrogens (tertiary/aromatic N) is 4. The molecule has 0 atom stereocenters. The fourth-order valence-electron chi connectivity index (χ4n) is 3.55. The Morgan fingerprint density at radius 1 is 0.938 bits per heavy atom. The van der Waals surface area contributed by atoms with Gasteiger partial charge in [-0.2, -0.15) is 0 Å². The number of rotatable bonds is 9. The van der Waals surface area contributed by atoms with Crippen molar-refractivity contribution in [1.29, 1.82) is 0 Å². The molecule has 32 heavy (non-hydrogen) atoms. The number of phenolic OH excluding ortho intramolecular Hbond substituents is 1. The van der Waals surface area contributed by atoms with Crippen molar-refractivity contribution in [2.45, 2.75) is 19.9 Å². The Bertz CT molecular complexity index is 1130. The maximum absolute atomic E-state index is 9.40. The minimum absolute atomic E-state index is 0.280. The number of anilines is 2. The molecular formula is C26H27N5O. The van der Waals surface area contributed by atoms with E-state index in [1.54, 1.807) is 24.5 Å². The van der Waals surface area contributed by atoms with E-state index >= 15 is 0 Å². The van der Waals surface area contributed by atoms with Crippen LogP contribution < -0.4 is 10.2 Å². The number of hydrogen-bond acceptors (Lipinski definition) is 6. The third kappa shape index (κ3) is 5.60. The fraction of sp³-hybridized carbons (Fsp3) is 0.192. The van der Waals surface area contributed by atoms with E-state index in [1.807, 2.05) is 30.5 Å². The average Bonchev–Trinajstić information content (AvgIpc) is 2.85. The summed E-state index contributed by atoms with van der Waals surface area (Å²) in [5.41, 5.74) is 5.41. The predicted molar refractivity (Wildman–Crippen MR) is 129 cm³/mol.